The summed E-state index contributed by atoms with van der Waals surface area (Å²) in [7, 11) is 0. The molecule has 0 bridgehead atoms. The zero-order valence-corrected chi connectivity index (χ0v) is 16.9. The van der Waals surface area contributed by atoms with E-state index in [2.05, 4.69) is 62.2 Å². The summed E-state index contributed by atoms with van der Waals surface area (Å²) in [6.07, 6.45) is 4.25. The first-order valence-corrected chi connectivity index (χ1v) is 10.5. The van der Waals surface area contributed by atoms with Crippen molar-refractivity contribution in [3.63, 3.8) is 0 Å². The van der Waals surface area contributed by atoms with E-state index in [4.69, 9.17) is 0 Å². The van der Waals surface area contributed by atoms with Gasteiger partial charge >= 0.3 is 0 Å². The van der Waals surface area contributed by atoms with Gasteiger partial charge in [0.1, 0.15) is 11.5 Å². The van der Waals surface area contributed by atoms with E-state index in [1.807, 2.05) is 17.0 Å². The third-order valence-electron chi connectivity index (χ3n) is 6.00. The van der Waals surface area contributed by atoms with Crippen LogP contribution in [-0.4, -0.2) is 53.5 Å². The standard InChI is InChI=1S/C24H25N5O/c30-24(29-11-10-19-6-4-5-7-20(19)18-29)22-16-26-23(17-25-22)28-14-12-27(13-15-28)21-8-2-1-3-9-21/h1-9,16-17H,10-15,18H2. The molecule has 1 saturated heterocycles. The molecule has 3 aromatic rings. The summed E-state index contributed by atoms with van der Waals surface area (Å²) in [4.78, 5) is 28.4. The van der Waals surface area contributed by atoms with Gasteiger partial charge in [0.15, 0.2) is 0 Å². The molecule has 0 saturated carbocycles. The number of para-hydroxylation sites is 1. The van der Waals surface area contributed by atoms with E-state index in [-0.39, 0.29) is 5.91 Å². The van der Waals surface area contributed by atoms with E-state index < -0.39 is 0 Å². The summed E-state index contributed by atoms with van der Waals surface area (Å²) in [5, 5.41) is 0. The maximum Gasteiger partial charge on any atom is 0.274 e. The number of aromatic nitrogens is 2. The van der Waals surface area contributed by atoms with Crippen LogP contribution in [0.15, 0.2) is 67.0 Å². The Morgan fingerprint density at radius 1 is 0.733 bits per heavy atom. The van der Waals surface area contributed by atoms with Crippen molar-refractivity contribution < 1.29 is 4.79 Å². The second kappa shape index (κ2) is 8.14. The van der Waals surface area contributed by atoms with Crippen molar-refractivity contribution in [2.24, 2.45) is 0 Å². The van der Waals surface area contributed by atoms with Crippen LogP contribution in [-0.2, 0) is 13.0 Å². The molecular weight excluding hydrogens is 374 g/mol. The number of rotatable bonds is 3. The highest BCUT2D eigenvalue weighted by atomic mass is 16.2. The lowest BCUT2D eigenvalue weighted by molar-refractivity contribution is 0.0728. The monoisotopic (exact) mass is 399 g/mol. The number of piperazine rings is 1. The van der Waals surface area contributed by atoms with Gasteiger partial charge < -0.3 is 14.7 Å². The molecular formula is C24H25N5O. The molecule has 0 unspecified atom stereocenters. The Morgan fingerprint density at radius 3 is 2.17 bits per heavy atom. The lowest BCUT2D eigenvalue weighted by Gasteiger charge is -2.36. The Hall–Kier alpha value is -3.41. The maximum absolute atomic E-state index is 12.9. The van der Waals surface area contributed by atoms with E-state index in [1.54, 1.807) is 12.4 Å². The van der Waals surface area contributed by atoms with E-state index in [1.165, 1.54) is 16.8 Å². The second-order valence-corrected chi connectivity index (χ2v) is 7.81. The molecule has 152 valence electrons. The van der Waals surface area contributed by atoms with Crippen molar-refractivity contribution in [2.45, 2.75) is 13.0 Å². The van der Waals surface area contributed by atoms with Gasteiger partial charge in [0.05, 0.1) is 12.4 Å². The van der Waals surface area contributed by atoms with Crippen LogP contribution in [0.1, 0.15) is 21.6 Å². The van der Waals surface area contributed by atoms with Gasteiger partial charge in [-0.3, -0.25) is 4.79 Å². The molecule has 0 radical (unpaired) electrons. The molecule has 1 aromatic heterocycles. The van der Waals surface area contributed by atoms with Gasteiger partial charge in [-0.05, 0) is 29.7 Å². The predicted molar refractivity (Wildman–Crippen MR) is 118 cm³/mol. The maximum atomic E-state index is 12.9. The number of hydrogen-bond acceptors (Lipinski definition) is 5. The zero-order valence-electron chi connectivity index (χ0n) is 16.9. The predicted octanol–water partition coefficient (Wildman–Crippen LogP) is 3.00. The smallest absolute Gasteiger partial charge is 0.274 e. The molecule has 0 atom stereocenters. The molecule has 2 aromatic carbocycles. The minimum atomic E-state index is -0.0440. The van der Waals surface area contributed by atoms with Gasteiger partial charge in [0, 0.05) is 45.0 Å². The summed E-state index contributed by atoms with van der Waals surface area (Å²) >= 11 is 0. The fraction of sp³-hybridized carbons (Fsp3) is 0.292. The number of hydrogen-bond donors (Lipinski definition) is 0. The highest BCUT2D eigenvalue weighted by molar-refractivity contribution is 5.92. The highest BCUT2D eigenvalue weighted by Gasteiger charge is 2.23. The van der Waals surface area contributed by atoms with Gasteiger partial charge in [-0.2, -0.15) is 0 Å². The van der Waals surface area contributed by atoms with Gasteiger partial charge in [0.2, 0.25) is 0 Å². The quantitative estimate of drug-likeness (QED) is 0.678. The van der Waals surface area contributed by atoms with E-state index in [0.29, 0.717) is 12.2 Å². The molecule has 0 aliphatic carbocycles. The normalized spacial score (nSPS) is 16.3. The number of amides is 1. The van der Waals surface area contributed by atoms with Gasteiger partial charge in [0.25, 0.3) is 5.91 Å². The Bertz CT molecular complexity index is 1010. The van der Waals surface area contributed by atoms with Crippen molar-refractivity contribution in [2.75, 3.05) is 42.5 Å². The minimum Gasteiger partial charge on any atom is -0.368 e. The molecule has 1 fully saturated rings. The summed E-state index contributed by atoms with van der Waals surface area (Å²) in [6.45, 7) is 5.03. The zero-order chi connectivity index (χ0) is 20.3. The van der Waals surface area contributed by atoms with Crippen molar-refractivity contribution in [1.82, 2.24) is 14.9 Å². The van der Waals surface area contributed by atoms with Crippen molar-refractivity contribution in [3.8, 4) is 0 Å². The Kier molecular flexibility index (Phi) is 5.05. The molecule has 2 aliphatic rings. The van der Waals surface area contributed by atoms with Gasteiger partial charge in [-0.1, -0.05) is 42.5 Å². The summed E-state index contributed by atoms with van der Waals surface area (Å²) in [5.41, 5.74) is 4.23. The van der Waals surface area contributed by atoms with Crippen LogP contribution in [0.5, 0.6) is 0 Å². The number of fused-ring (bicyclic) bond motifs is 1. The Labute approximate surface area is 176 Å². The Morgan fingerprint density at radius 2 is 1.43 bits per heavy atom. The van der Waals surface area contributed by atoms with Crippen molar-refractivity contribution in [1.29, 1.82) is 0 Å². The molecule has 0 N–H and O–H groups in total. The number of carbonyl (C=O) groups excluding carboxylic acids is 1. The summed E-state index contributed by atoms with van der Waals surface area (Å²) in [5.74, 6) is 0.792. The summed E-state index contributed by atoms with van der Waals surface area (Å²) < 4.78 is 0. The lowest BCUT2D eigenvalue weighted by Crippen LogP contribution is -2.46. The third kappa shape index (κ3) is 3.73. The van der Waals surface area contributed by atoms with Crippen LogP contribution in [0.25, 0.3) is 0 Å². The van der Waals surface area contributed by atoms with Crippen LogP contribution >= 0.6 is 0 Å². The van der Waals surface area contributed by atoms with Crippen LogP contribution in [0, 0.1) is 0 Å². The molecule has 2 aliphatic heterocycles. The minimum absolute atomic E-state index is 0.0440. The first kappa shape index (κ1) is 18.6. The molecule has 0 spiro atoms. The third-order valence-corrected chi connectivity index (χ3v) is 6.00. The molecule has 1 amide bonds. The lowest BCUT2D eigenvalue weighted by atomic mass is 10.00. The number of nitrogens with zero attached hydrogens (tertiary/aromatic N) is 5. The first-order valence-electron chi connectivity index (χ1n) is 10.5. The van der Waals surface area contributed by atoms with Gasteiger partial charge in [-0.15, -0.1) is 0 Å². The van der Waals surface area contributed by atoms with Gasteiger partial charge in [-0.25, -0.2) is 9.97 Å². The average Bonchev–Trinajstić information content (AvgIpc) is 2.84. The fourth-order valence-corrected chi connectivity index (χ4v) is 4.26. The first-order chi connectivity index (χ1) is 14.8. The SMILES string of the molecule is O=C(c1cnc(N2CCN(c3ccccc3)CC2)cn1)N1CCc2ccccc2C1. The molecule has 30 heavy (non-hydrogen) atoms. The van der Waals surface area contributed by atoms with E-state index in [0.717, 1.165) is 45.0 Å². The number of benzene rings is 2. The highest BCUT2D eigenvalue weighted by Crippen LogP contribution is 2.21. The molecule has 5 rings (SSSR count). The van der Waals surface area contributed by atoms with Crippen LogP contribution in [0.3, 0.4) is 0 Å². The fourth-order valence-electron chi connectivity index (χ4n) is 4.26. The molecule has 6 nitrogen and oxygen atoms in total. The van der Waals surface area contributed by atoms with Crippen LogP contribution in [0.4, 0.5) is 11.5 Å². The molecule has 3 heterocycles. The van der Waals surface area contributed by atoms with Crippen LogP contribution < -0.4 is 9.80 Å². The number of carbonyl (C=O) groups is 1. The van der Waals surface area contributed by atoms with E-state index >= 15 is 0 Å². The summed E-state index contributed by atoms with van der Waals surface area (Å²) in [6, 6.07) is 18.8. The second-order valence-electron chi connectivity index (χ2n) is 7.81. The van der Waals surface area contributed by atoms with E-state index in [9.17, 15) is 4.79 Å². The molecule has 6 heteroatoms. The topological polar surface area (TPSA) is 52.6 Å². The largest absolute Gasteiger partial charge is 0.368 e. The van der Waals surface area contributed by atoms with Crippen molar-refractivity contribution >= 4 is 17.4 Å². The number of anilines is 2. The Balaban J connectivity index is 1.21. The average molecular weight is 399 g/mol. The van der Waals surface area contributed by atoms with Crippen molar-refractivity contribution in [3.05, 3.63) is 83.8 Å². The van der Waals surface area contributed by atoms with Crippen LogP contribution in [0.2, 0.25) is 0 Å².